The minimum Gasteiger partial charge on any atom is -0.369 e. The Balaban J connectivity index is 1.67. The Bertz CT molecular complexity index is 345. The summed E-state index contributed by atoms with van der Waals surface area (Å²) >= 11 is 1.73. The Labute approximate surface area is 106 Å². The van der Waals surface area contributed by atoms with Crippen LogP contribution in [0.1, 0.15) is 18.4 Å². The molecule has 0 atom stereocenters. The lowest BCUT2D eigenvalue weighted by Crippen LogP contribution is -2.45. The van der Waals surface area contributed by atoms with Crippen LogP contribution in [0.4, 0.5) is 0 Å². The van der Waals surface area contributed by atoms with Gasteiger partial charge in [0.05, 0.1) is 6.54 Å². The predicted molar refractivity (Wildman–Crippen MR) is 69.8 cm³/mol. The highest BCUT2D eigenvalue weighted by Gasteiger charge is 2.19. The lowest BCUT2D eigenvalue weighted by molar-refractivity contribution is -0.119. The summed E-state index contributed by atoms with van der Waals surface area (Å²) in [6, 6.07) is 2.72. The van der Waals surface area contributed by atoms with E-state index in [1.54, 1.807) is 11.3 Å². The van der Waals surface area contributed by atoms with Crippen molar-refractivity contribution in [1.29, 1.82) is 0 Å². The molecule has 17 heavy (non-hydrogen) atoms. The molecule has 5 heteroatoms. The SMILES string of the molecule is NC(=O)CN1CCC(NCc2ccsc2)CC1. The fourth-order valence-corrected chi connectivity index (χ4v) is 2.84. The van der Waals surface area contributed by atoms with Crippen LogP contribution in [-0.4, -0.2) is 36.5 Å². The zero-order valence-electron chi connectivity index (χ0n) is 9.89. The Morgan fingerprint density at radius 3 is 2.88 bits per heavy atom. The van der Waals surface area contributed by atoms with E-state index in [0.29, 0.717) is 12.6 Å². The molecule has 0 unspecified atom stereocenters. The fourth-order valence-electron chi connectivity index (χ4n) is 2.17. The summed E-state index contributed by atoms with van der Waals surface area (Å²) in [7, 11) is 0. The van der Waals surface area contributed by atoms with Crippen LogP contribution in [0.5, 0.6) is 0 Å². The van der Waals surface area contributed by atoms with Crippen molar-refractivity contribution in [3.63, 3.8) is 0 Å². The van der Waals surface area contributed by atoms with Gasteiger partial charge in [-0.1, -0.05) is 0 Å². The molecule has 0 radical (unpaired) electrons. The number of piperidine rings is 1. The monoisotopic (exact) mass is 253 g/mol. The molecule has 1 aliphatic heterocycles. The number of carbonyl (C=O) groups is 1. The van der Waals surface area contributed by atoms with E-state index < -0.39 is 0 Å². The van der Waals surface area contributed by atoms with Crippen LogP contribution >= 0.6 is 11.3 Å². The summed E-state index contributed by atoms with van der Waals surface area (Å²) in [4.78, 5) is 12.9. The molecule has 1 fully saturated rings. The van der Waals surface area contributed by atoms with Gasteiger partial charge < -0.3 is 11.1 Å². The number of nitrogens with two attached hydrogens (primary N) is 1. The number of primary amides is 1. The smallest absolute Gasteiger partial charge is 0.231 e. The number of carbonyl (C=O) groups excluding carboxylic acids is 1. The van der Waals surface area contributed by atoms with E-state index >= 15 is 0 Å². The zero-order valence-corrected chi connectivity index (χ0v) is 10.7. The molecule has 1 saturated heterocycles. The van der Waals surface area contributed by atoms with Crippen molar-refractivity contribution in [3.05, 3.63) is 22.4 Å². The van der Waals surface area contributed by atoms with E-state index in [1.807, 2.05) is 0 Å². The van der Waals surface area contributed by atoms with Gasteiger partial charge in [-0.25, -0.2) is 0 Å². The van der Waals surface area contributed by atoms with Gasteiger partial charge in [-0.2, -0.15) is 11.3 Å². The summed E-state index contributed by atoms with van der Waals surface area (Å²) in [5.74, 6) is -0.227. The molecule has 0 aliphatic carbocycles. The minimum atomic E-state index is -0.227. The van der Waals surface area contributed by atoms with Gasteiger partial charge in [0, 0.05) is 25.7 Å². The van der Waals surface area contributed by atoms with Crippen molar-refractivity contribution in [1.82, 2.24) is 10.2 Å². The van der Waals surface area contributed by atoms with Crippen molar-refractivity contribution in [2.75, 3.05) is 19.6 Å². The number of hydrogen-bond donors (Lipinski definition) is 2. The highest BCUT2D eigenvalue weighted by molar-refractivity contribution is 7.07. The van der Waals surface area contributed by atoms with Gasteiger partial charge >= 0.3 is 0 Å². The number of thiophene rings is 1. The molecule has 0 spiro atoms. The van der Waals surface area contributed by atoms with Crippen molar-refractivity contribution >= 4 is 17.2 Å². The van der Waals surface area contributed by atoms with Crippen molar-refractivity contribution < 1.29 is 4.79 Å². The number of nitrogens with one attached hydrogen (secondary N) is 1. The van der Waals surface area contributed by atoms with Gasteiger partial charge in [-0.3, -0.25) is 9.69 Å². The minimum absolute atomic E-state index is 0.227. The zero-order chi connectivity index (χ0) is 12.1. The molecule has 2 heterocycles. The number of likely N-dealkylation sites (tertiary alicyclic amines) is 1. The Morgan fingerprint density at radius 2 is 2.29 bits per heavy atom. The van der Waals surface area contributed by atoms with E-state index in [-0.39, 0.29) is 5.91 Å². The second kappa shape index (κ2) is 6.14. The average molecular weight is 253 g/mol. The Morgan fingerprint density at radius 1 is 1.53 bits per heavy atom. The van der Waals surface area contributed by atoms with Crippen LogP contribution in [0.15, 0.2) is 16.8 Å². The summed E-state index contributed by atoms with van der Waals surface area (Å²) < 4.78 is 0. The van der Waals surface area contributed by atoms with Crippen LogP contribution in [0, 0.1) is 0 Å². The quantitative estimate of drug-likeness (QED) is 0.815. The molecule has 3 N–H and O–H groups in total. The van der Waals surface area contributed by atoms with Gasteiger partial charge in [0.15, 0.2) is 0 Å². The number of rotatable bonds is 5. The molecule has 0 saturated carbocycles. The Hall–Kier alpha value is -0.910. The molecular weight excluding hydrogens is 234 g/mol. The number of amides is 1. The molecule has 1 amide bonds. The summed E-state index contributed by atoms with van der Waals surface area (Å²) in [5.41, 5.74) is 6.54. The largest absolute Gasteiger partial charge is 0.369 e. The molecular formula is C12H19N3OS. The summed E-state index contributed by atoms with van der Waals surface area (Å²) in [5, 5.41) is 7.84. The van der Waals surface area contributed by atoms with Crippen LogP contribution in [-0.2, 0) is 11.3 Å². The predicted octanol–water partition coefficient (Wildman–Crippen LogP) is 0.787. The highest BCUT2D eigenvalue weighted by atomic mass is 32.1. The van der Waals surface area contributed by atoms with Crippen molar-refractivity contribution in [2.24, 2.45) is 5.73 Å². The van der Waals surface area contributed by atoms with Gasteiger partial charge in [-0.15, -0.1) is 0 Å². The van der Waals surface area contributed by atoms with Crippen LogP contribution < -0.4 is 11.1 Å². The third-order valence-electron chi connectivity index (χ3n) is 3.14. The second-order valence-electron chi connectivity index (χ2n) is 4.53. The first-order valence-electron chi connectivity index (χ1n) is 5.99. The maximum Gasteiger partial charge on any atom is 0.231 e. The normalized spacial score (nSPS) is 18.4. The van der Waals surface area contributed by atoms with E-state index in [4.69, 9.17) is 5.73 Å². The number of hydrogen-bond acceptors (Lipinski definition) is 4. The lowest BCUT2D eigenvalue weighted by Gasteiger charge is -2.31. The third kappa shape index (κ3) is 4.11. The summed E-state index contributed by atoms with van der Waals surface area (Å²) in [6.07, 6.45) is 2.19. The fraction of sp³-hybridized carbons (Fsp3) is 0.583. The average Bonchev–Trinajstić information content (AvgIpc) is 2.80. The molecule has 0 aromatic carbocycles. The van der Waals surface area contributed by atoms with Crippen LogP contribution in [0.3, 0.4) is 0 Å². The molecule has 4 nitrogen and oxygen atoms in total. The maximum absolute atomic E-state index is 10.8. The third-order valence-corrected chi connectivity index (χ3v) is 3.87. The first-order chi connectivity index (χ1) is 8.24. The van der Waals surface area contributed by atoms with Crippen LogP contribution in [0.25, 0.3) is 0 Å². The molecule has 1 aromatic heterocycles. The van der Waals surface area contributed by atoms with Crippen LogP contribution in [0.2, 0.25) is 0 Å². The molecule has 0 bridgehead atoms. The second-order valence-corrected chi connectivity index (χ2v) is 5.31. The van der Waals surface area contributed by atoms with E-state index in [1.165, 1.54) is 5.56 Å². The standard InChI is InChI=1S/C12H19N3OS/c13-12(16)8-15-4-1-11(2-5-15)14-7-10-3-6-17-9-10/h3,6,9,11,14H,1-2,4-5,7-8H2,(H2,13,16). The lowest BCUT2D eigenvalue weighted by atomic mass is 10.0. The number of nitrogens with zero attached hydrogens (tertiary/aromatic N) is 1. The molecule has 1 aliphatic rings. The van der Waals surface area contributed by atoms with Gasteiger partial charge in [0.25, 0.3) is 0 Å². The summed E-state index contributed by atoms with van der Waals surface area (Å²) in [6.45, 7) is 3.27. The van der Waals surface area contributed by atoms with Crippen molar-refractivity contribution in [2.45, 2.75) is 25.4 Å². The Kier molecular flexibility index (Phi) is 4.53. The van der Waals surface area contributed by atoms with E-state index in [0.717, 1.165) is 32.5 Å². The first-order valence-corrected chi connectivity index (χ1v) is 6.93. The highest BCUT2D eigenvalue weighted by Crippen LogP contribution is 2.11. The van der Waals surface area contributed by atoms with Crippen molar-refractivity contribution in [3.8, 4) is 0 Å². The van der Waals surface area contributed by atoms with E-state index in [2.05, 4.69) is 27.0 Å². The molecule has 1 aromatic rings. The van der Waals surface area contributed by atoms with E-state index in [9.17, 15) is 4.79 Å². The van der Waals surface area contributed by atoms with Gasteiger partial charge in [-0.05, 0) is 35.2 Å². The van der Waals surface area contributed by atoms with Gasteiger partial charge in [0.2, 0.25) is 5.91 Å². The van der Waals surface area contributed by atoms with Gasteiger partial charge in [0.1, 0.15) is 0 Å². The molecule has 94 valence electrons. The molecule has 2 rings (SSSR count). The maximum atomic E-state index is 10.8. The topological polar surface area (TPSA) is 58.4 Å². The first kappa shape index (κ1) is 12.5.